The van der Waals surface area contributed by atoms with Crippen LogP contribution in [-0.2, 0) is 22.6 Å². The molecule has 3 aliphatic carbocycles. The van der Waals surface area contributed by atoms with Crippen LogP contribution in [0.5, 0.6) is 5.75 Å². The number of primary amides is 1. The number of phenols is 1. The number of carbonyl (C=O) groups excluding carboxylic acids is 3. The summed E-state index contributed by atoms with van der Waals surface area (Å²) in [5, 5.41) is 45.1. The van der Waals surface area contributed by atoms with E-state index in [4.69, 9.17) is 11.5 Å². The summed E-state index contributed by atoms with van der Waals surface area (Å²) in [7, 11) is 3.08. The number of fused-ring (bicyclic) bond motifs is 3. The Morgan fingerprint density at radius 2 is 1.75 bits per heavy atom. The summed E-state index contributed by atoms with van der Waals surface area (Å²) in [6.07, 6.45) is 2.11. The van der Waals surface area contributed by atoms with Gasteiger partial charge in [0, 0.05) is 12.1 Å². The van der Waals surface area contributed by atoms with Crippen LogP contribution >= 0.6 is 0 Å². The van der Waals surface area contributed by atoms with Gasteiger partial charge >= 0.3 is 0 Å². The van der Waals surface area contributed by atoms with Crippen LogP contribution in [0.1, 0.15) is 54.6 Å². The topological polar surface area (TPSA) is 191 Å². The molecule has 1 amide bonds. The van der Waals surface area contributed by atoms with Crippen molar-refractivity contribution in [2.75, 3.05) is 27.2 Å². The van der Waals surface area contributed by atoms with Crippen LogP contribution in [0.4, 0.5) is 0 Å². The van der Waals surface area contributed by atoms with E-state index in [0.29, 0.717) is 12.1 Å². The van der Waals surface area contributed by atoms with Gasteiger partial charge in [-0.05, 0) is 81.4 Å². The smallest absolute Gasteiger partial charge is 0.255 e. The molecule has 11 nitrogen and oxygen atoms in total. The Labute approximate surface area is 232 Å². The van der Waals surface area contributed by atoms with E-state index in [9.17, 15) is 34.8 Å². The van der Waals surface area contributed by atoms with Crippen molar-refractivity contribution < 1.29 is 34.8 Å². The molecule has 8 N–H and O–H groups in total. The van der Waals surface area contributed by atoms with Gasteiger partial charge in [-0.25, -0.2) is 0 Å². The molecule has 216 valence electrons. The first-order chi connectivity index (χ1) is 18.5. The standard InChI is InChI=1S/C29H38N4O7/c1-27(2)7-9-33(10-8-27)13-14-5-6-17(34)19-16(14)11-15-12-28(31)23(32(3)4)22(36)20(26(30)39)25(38)29(28,40)24(37)18(15)21(19)35/h5-6,15,23,34,36-37,40H,7-13,31H2,1-4H3,(H2,30,39)/t15-,23-,28+,29-/m0/s1. The average molecular weight is 555 g/mol. The van der Waals surface area contributed by atoms with E-state index in [-0.39, 0.29) is 35.1 Å². The van der Waals surface area contributed by atoms with Crippen molar-refractivity contribution in [3.05, 3.63) is 51.5 Å². The predicted molar refractivity (Wildman–Crippen MR) is 145 cm³/mol. The van der Waals surface area contributed by atoms with Crippen molar-refractivity contribution in [2.45, 2.75) is 63.3 Å². The van der Waals surface area contributed by atoms with Gasteiger partial charge in [-0.3, -0.25) is 24.2 Å². The number of Topliss-reactive ketones (excluding diaryl/α,β-unsaturated/α-hetero) is 2. The van der Waals surface area contributed by atoms with Gasteiger partial charge in [0.1, 0.15) is 22.8 Å². The number of nitrogens with zero attached hydrogens (tertiary/aromatic N) is 2. The number of carbonyl (C=O) groups is 3. The number of piperidine rings is 1. The van der Waals surface area contributed by atoms with Crippen molar-refractivity contribution in [1.29, 1.82) is 0 Å². The highest BCUT2D eigenvalue weighted by atomic mass is 16.4. The third-order valence-electron chi connectivity index (χ3n) is 9.50. The number of phenolic OH excluding ortho intramolecular Hbond substituents is 1. The van der Waals surface area contributed by atoms with E-state index in [2.05, 4.69) is 18.7 Å². The van der Waals surface area contributed by atoms with E-state index in [1.807, 2.05) is 0 Å². The number of hydrogen-bond acceptors (Lipinski definition) is 10. The zero-order valence-electron chi connectivity index (χ0n) is 23.3. The number of hydrogen-bond donors (Lipinski definition) is 6. The monoisotopic (exact) mass is 554 g/mol. The summed E-state index contributed by atoms with van der Waals surface area (Å²) >= 11 is 0. The fourth-order valence-electron chi connectivity index (χ4n) is 7.23. The second-order valence-electron chi connectivity index (χ2n) is 12.8. The number of ketones is 2. The number of amides is 1. The van der Waals surface area contributed by atoms with E-state index < -0.39 is 57.7 Å². The zero-order valence-corrected chi connectivity index (χ0v) is 23.3. The maximum Gasteiger partial charge on any atom is 0.255 e. The van der Waals surface area contributed by atoms with Crippen molar-refractivity contribution in [1.82, 2.24) is 9.80 Å². The zero-order chi connectivity index (χ0) is 29.5. The molecule has 0 unspecified atom stereocenters. The molecular weight excluding hydrogens is 516 g/mol. The first-order valence-corrected chi connectivity index (χ1v) is 13.5. The van der Waals surface area contributed by atoms with Crippen molar-refractivity contribution in [3.8, 4) is 5.75 Å². The van der Waals surface area contributed by atoms with Crippen LogP contribution in [0.15, 0.2) is 34.8 Å². The van der Waals surface area contributed by atoms with Crippen LogP contribution in [0.2, 0.25) is 0 Å². The lowest BCUT2D eigenvalue weighted by Crippen LogP contribution is -2.79. The lowest BCUT2D eigenvalue weighted by Gasteiger charge is -2.56. The summed E-state index contributed by atoms with van der Waals surface area (Å²) in [4.78, 5) is 43.3. The molecule has 0 saturated carbocycles. The molecule has 1 heterocycles. The van der Waals surface area contributed by atoms with Crippen LogP contribution in [0.3, 0.4) is 0 Å². The Morgan fingerprint density at radius 1 is 1.12 bits per heavy atom. The number of allylic oxidation sites excluding steroid dienone is 1. The first-order valence-electron chi connectivity index (χ1n) is 13.5. The summed E-state index contributed by atoms with van der Waals surface area (Å²) in [6.45, 7) is 6.85. The minimum Gasteiger partial charge on any atom is -0.510 e. The number of aromatic hydroxyl groups is 1. The van der Waals surface area contributed by atoms with Crippen LogP contribution in [0, 0.1) is 11.3 Å². The molecule has 4 aliphatic rings. The Balaban J connectivity index is 1.63. The second-order valence-corrected chi connectivity index (χ2v) is 12.8. The lowest BCUT2D eigenvalue weighted by atomic mass is 9.54. The van der Waals surface area contributed by atoms with Gasteiger partial charge in [0.2, 0.25) is 11.4 Å². The maximum absolute atomic E-state index is 13.9. The maximum atomic E-state index is 13.9. The number of nitrogens with two attached hydrogens (primary N) is 2. The Hall–Kier alpha value is -3.25. The van der Waals surface area contributed by atoms with E-state index in [0.717, 1.165) is 31.5 Å². The minimum atomic E-state index is -2.91. The SMILES string of the molecule is CN(C)[C@H]1C(O)=C(C(N)=O)C(=O)[C@@]2(O)C(O)=C3C(=O)c4c(O)ccc(CN5CCC(C)(C)CC5)c4C[C@H]3C[C@@]12N. The molecule has 40 heavy (non-hydrogen) atoms. The normalized spacial score (nSPS) is 32.2. The molecule has 1 aromatic carbocycles. The number of likely N-dealkylation sites (N-methyl/N-ethyl adjacent to an activating group) is 1. The molecule has 1 fully saturated rings. The van der Waals surface area contributed by atoms with Gasteiger partial charge in [0.05, 0.1) is 17.1 Å². The fourth-order valence-corrected chi connectivity index (χ4v) is 7.23. The van der Waals surface area contributed by atoms with Gasteiger partial charge in [0.15, 0.2) is 5.78 Å². The average Bonchev–Trinajstić information content (AvgIpc) is 2.84. The number of likely N-dealkylation sites (tertiary alicyclic amines) is 1. The number of benzene rings is 1. The Bertz CT molecular complexity index is 1390. The predicted octanol–water partition coefficient (Wildman–Crippen LogP) is 0.824. The van der Waals surface area contributed by atoms with Crippen molar-refractivity contribution in [2.24, 2.45) is 22.8 Å². The van der Waals surface area contributed by atoms with Crippen molar-refractivity contribution in [3.63, 3.8) is 0 Å². The highest BCUT2D eigenvalue weighted by molar-refractivity contribution is 6.25. The number of aliphatic hydroxyl groups is 3. The minimum absolute atomic E-state index is 0.0155. The first kappa shape index (κ1) is 28.3. The highest BCUT2D eigenvalue weighted by Crippen LogP contribution is 2.53. The third-order valence-corrected chi connectivity index (χ3v) is 9.50. The van der Waals surface area contributed by atoms with E-state index in [1.165, 1.54) is 25.1 Å². The molecule has 0 aromatic heterocycles. The van der Waals surface area contributed by atoms with E-state index in [1.54, 1.807) is 6.07 Å². The molecular formula is C29H38N4O7. The molecule has 4 atom stereocenters. The van der Waals surface area contributed by atoms with Crippen LogP contribution < -0.4 is 11.5 Å². The molecule has 1 aliphatic heterocycles. The van der Waals surface area contributed by atoms with Gasteiger partial charge in [-0.2, -0.15) is 0 Å². The molecule has 1 saturated heterocycles. The van der Waals surface area contributed by atoms with Crippen LogP contribution in [-0.4, -0.2) is 92.1 Å². The molecule has 1 aromatic rings. The Kier molecular flexibility index (Phi) is 6.46. The van der Waals surface area contributed by atoms with Gasteiger partial charge in [-0.1, -0.05) is 19.9 Å². The third kappa shape index (κ3) is 3.82. The quantitative estimate of drug-likeness (QED) is 0.291. The second kappa shape index (κ2) is 9.13. The summed E-state index contributed by atoms with van der Waals surface area (Å²) in [5.74, 6) is -6.06. The molecule has 11 heteroatoms. The van der Waals surface area contributed by atoms with Gasteiger partial charge in [0.25, 0.3) is 5.91 Å². The summed E-state index contributed by atoms with van der Waals surface area (Å²) in [5.41, 5.74) is 7.89. The summed E-state index contributed by atoms with van der Waals surface area (Å²) in [6, 6.07) is 1.97. The van der Waals surface area contributed by atoms with Crippen LogP contribution in [0.25, 0.3) is 0 Å². The Morgan fingerprint density at radius 3 is 2.33 bits per heavy atom. The molecule has 0 spiro atoms. The molecule has 5 rings (SSSR count). The van der Waals surface area contributed by atoms with E-state index >= 15 is 0 Å². The number of aliphatic hydroxyl groups excluding tert-OH is 2. The van der Waals surface area contributed by atoms with Gasteiger partial charge in [-0.15, -0.1) is 0 Å². The van der Waals surface area contributed by atoms with Crippen molar-refractivity contribution >= 4 is 17.5 Å². The highest BCUT2D eigenvalue weighted by Gasteiger charge is 2.70. The number of rotatable bonds is 4. The molecule has 0 bridgehead atoms. The lowest BCUT2D eigenvalue weighted by molar-refractivity contribution is -0.152. The largest absolute Gasteiger partial charge is 0.510 e. The fraction of sp³-hybridized carbons (Fsp3) is 0.552. The molecule has 0 radical (unpaired) electrons. The van der Waals surface area contributed by atoms with Gasteiger partial charge < -0.3 is 31.9 Å². The summed E-state index contributed by atoms with van der Waals surface area (Å²) < 4.78 is 0.